The van der Waals surface area contributed by atoms with Gasteiger partial charge in [0.25, 0.3) is 0 Å². The van der Waals surface area contributed by atoms with E-state index in [1.54, 1.807) is 0 Å². The van der Waals surface area contributed by atoms with E-state index < -0.39 is 0 Å². The van der Waals surface area contributed by atoms with E-state index in [1.807, 2.05) is 42.5 Å². The highest BCUT2D eigenvalue weighted by Gasteiger charge is 2.09. The number of halogens is 1. The maximum Gasteiger partial charge on any atom is 0.217 e. The first-order valence-corrected chi connectivity index (χ1v) is 6.68. The van der Waals surface area contributed by atoms with E-state index in [9.17, 15) is 4.79 Å². The summed E-state index contributed by atoms with van der Waals surface area (Å²) in [5, 5.41) is -0.169. The van der Waals surface area contributed by atoms with Crippen LogP contribution in [0.4, 0.5) is 0 Å². The smallest absolute Gasteiger partial charge is 0.217 e. The molecule has 2 rings (SSSR count). The molecule has 0 aromatic heterocycles. The molecule has 98 valence electrons. The fourth-order valence-electron chi connectivity index (χ4n) is 1.95. The van der Waals surface area contributed by atoms with Gasteiger partial charge in [0.1, 0.15) is 0 Å². The third kappa shape index (κ3) is 3.83. The molecule has 0 fully saturated rings. The molecule has 0 bridgehead atoms. The van der Waals surface area contributed by atoms with Crippen LogP contribution in [0.3, 0.4) is 0 Å². The Labute approximate surface area is 118 Å². The number of alkyl halides is 1. The maximum atomic E-state index is 10.7. The topological polar surface area (TPSA) is 43.1 Å². The van der Waals surface area contributed by atoms with Crippen molar-refractivity contribution in [2.24, 2.45) is 5.73 Å². The Morgan fingerprint density at radius 3 is 2.16 bits per heavy atom. The molecule has 3 heteroatoms. The van der Waals surface area contributed by atoms with Crippen molar-refractivity contribution in [1.29, 1.82) is 0 Å². The molecule has 1 atom stereocenters. The molecule has 19 heavy (non-hydrogen) atoms. The van der Waals surface area contributed by atoms with E-state index in [2.05, 4.69) is 12.1 Å². The van der Waals surface area contributed by atoms with Crippen molar-refractivity contribution in [2.45, 2.75) is 18.2 Å². The number of primary amides is 1. The minimum atomic E-state index is -0.313. The summed E-state index contributed by atoms with van der Waals surface area (Å²) in [6.07, 6.45) is 0.885. The molecule has 1 unspecified atom stereocenters. The summed E-state index contributed by atoms with van der Waals surface area (Å²) in [6, 6.07) is 18.3. The molecule has 0 heterocycles. The Morgan fingerprint density at radius 1 is 1.00 bits per heavy atom. The van der Waals surface area contributed by atoms with E-state index >= 15 is 0 Å². The quantitative estimate of drug-likeness (QED) is 0.825. The molecule has 0 aliphatic heterocycles. The largest absolute Gasteiger partial charge is 0.370 e. The van der Waals surface area contributed by atoms with Gasteiger partial charge in [-0.2, -0.15) is 0 Å². The van der Waals surface area contributed by atoms with Crippen LogP contribution in [0.2, 0.25) is 0 Å². The molecule has 2 aromatic rings. The number of hydrogen-bond acceptors (Lipinski definition) is 1. The third-order valence-corrected chi connectivity index (χ3v) is 3.49. The monoisotopic (exact) mass is 273 g/mol. The first-order valence-electron chi connectivity index (χ1n) is 6.24. The van der Waals surface area contributed by atoms with Gasteiger partial charge in [-0.15, -0.1) is 11.6 Å². The predicted octanol–water partition coefficient (Wildman–Crippen LogP) is 3.90. The van der Waals surface area contributed by atoms with Crippen LogP contribution in [0.25, 0.3) is 11.1 Å². The third-order valence-electron chi connectivity index (χ3n) is 3.02. The molecule has 2 aromatic carbocycles. The highest BCUT2D eigenvalue weighted by Crippen LogP contribution is 2.28. The Bertz CT molecular complexity index is 536. The second kappa shape index (κ2) is 6.39. The van der Waals surface area contributed by atoms with Gasteiger partial charge in [-0.05, 0) is 23.1 Å². The average Bonchev–Trinajstić information content (AvgIpc) is 2.46. The van der Waals surface area contributed by atoms with Gasteiger partial charge < -0.3 is 5.73 Å². The first-order chi connectivity index (χ1) is 9.16. The van der Waals surface area contributed by atoms with E-state index in [-0.39, 0.29) is 11.3 Å². The van der Waals surface area contributed by atoms with Gasteiger partial charge in [0, 0.05) is 6.42 Å². The zero-order valence-electron chi connectivity index (χ0n) is 10.6. The molecule has 0 aliphatic carbocycles. The van der Waals surface area contributed by atoms with Crippen LogP contribution < -0.4 is 5.73 Å². The SMILES string of the molecule is NC(=O)CCC(Cl)c1ccc(-c2ccccc2)cc1. The molecule has 0 saturated carbocycles. The highest BCUT2D eigenvalue weighted by atomic mass is 35.5. The fourth-order valence-corrected chi connectivity index (χ4v) is 2.21. The van der Waals surface area contributed by atoms with Crippen molar-refractivity contribution in [3.05, 3.63) is 60.2 Å². The molecule has 0 radical (unpaired) electrons. The van der Waals surface area contributed by atoms with Gasteiger partial charge in [0.15, 0.2) is 0 Å². The molecule has 1 amide bonds. The van der Waals surface area contributed by atoms with Gasteiger partial charge >= 0.3 is 0 Å². The van der Waals surface area contributed by atoms with Crippen LogP contribution in [0.1, 0.15) is 23.8 Å². The summed E-state index contributed by atoms with van der Waals surface area (Å²) in [5.74, 6) is -0.313. The van der Waals surface area contributed by atoms with E-state index in [4.69, 9.17) is 17.3 Å². The van der Waals surface area contributed by atoms with Crippen LogP contribution in [0, 0.1) is 0 Å². The highest BCUT2D eigenvalue weighted by molar-refractivity contribution is 6.20. The number of carbonyl (C=O) groups is 1. The fraction of sp³-hybridized carbons (Fsp3) is 0.188. The lowest BCUT2D eigenvalue weighted by Gasteiger charge is -2.09. The number of hydrogen-bond donors (Lipinski definition) is 1. The molecule has 2 nitrogen and oxygen atoms in total. The average molecular weight is 274 g/mol. The zero-order chi connectivity index (χ0) is 13.7. The van der Waals surface area contributed by atoms with Crippen molar-refractivity contribution in [1.82, 2.24) is 0 Å². The van der Waals surface area contributed by atoms with Crippen LogP contribution in [-0.2, 0) is 4.79 Å². The summed E-state index contributed by atoms with van der Waals surface area (Å²) in [7, 11) is 0. The summed E-state index contributed by atoms with van der Waals surface area (Å²) < 4.78 is 0. The van der Waals surface area contributed by atoms with Gasteiger partial charge in [0.05, 0.1) is 5.38 Å². The summed E-state index contributed by atoms with van der Waals surface area (Å²) >= 11 is 6.24. The molecule has 2 N–H and O–H groups in total. The second-order valence-corrected chi connectivity index (χ2v) is 4.99. The molecule has 0 aliphatic rings. The number of benzene rings is 2. The lowest BCUT2D eigenvalue weighted by atomic mass is 10.0. The van der Waals surface area contributed by atoms with Crippen LogP contribution >= 0.6 is 11.6 Å². The van der Waals surface area contributed by atoms with Crippen LogP contribution in [-0.4, -0.2) is 5.91 Å². The van der Waals surface area contributed by atoms with Crippen molar-refractivity contribution >= 4 is 17.5 Å². The van der Waals surface area contributed by atoms with E-state index in [1.165, 1.54) is 5.56 Å². The molecular formula is C16H16ClNO. The molecule has 0 saturated heterocycles. The summed E-state index contributed by atoms with van der Waals surface area (Å²) in [5.41, 5.74) is 8.47. The van der Waals surface area contributed by atoms with Crippen molar-refractivity contribution in [2.75, 3.05) is 0 Å². The van der Waals surface area contributed by atoms with Gasteiger partial charge in [0.2, 0.25) is 5.91 Å². The van der Waals surface area contributed by atoms with Gasteiger partial charge in [-0.1, -0.05) is 54.6 Å². The van der Waals surface area contributed by atoms with Gasteiger partial charge in [-0.25, -0.2) is 0 Å². The number of carbonyl (C=O) groups excluding carboxylic acids is 1. The Balaban J connectivity index is 2.08. The van der Waals surface area contributed by atoms with Crippen molar-refractivity contribution in [3.8, 4) is 11.1 Å². The van der Waals surface area contributed by atoms with Crippen molar-refractivity contribution in [3.63, 3.8) is 0 Å². The minimum absolute atomic E-state index is 0.169. The molecular weight excluding hydrogens is 258 g/mol. The Morgan fingerprint density at radius 2 is 1.58 bits per heavy atom. The lowest BCUT2D eigenvalue weighted by molar-refractivity contribution is -0.118. The van der Waals surface area contributed by atoms with Crippen LogP contribution in [0.15, 0.2) is 54.6 Å². The Hall–Kier alpha value is -1.80. The second-order valence-electron chi connectivity index (χ2n) is 4.46. The van der Waals surface area contributed by atoms with Gasteiger partial charge in [-0.3, -0.25) is 4.79 Å². The first kappa shape index (κ1) is 13.6. The number of nitrogens with two attached hydrogens (primary N) is 1. The maximum absolute atomic E-state index is 10.7. The standard InChI is InChI=1S/C16H16ClNO/c17-15(10-11-16(18)19)14-8-6-13(7-9-14)12-4-2-1-3-5-12/h1-9,15H,10-11H2,(H2,18,19). The van der Waals surface area contributed by atoms with Crippen LogP contribution in [0.5, 0.6) is 0 Å². The zero-order valence-corrected chi connectivity index (χ0v) is 11.3. The molecule has 0 spiro atoms. The summed E-state index contributed by atoms with van der Waals surface area (Å²) in [6.45, 7) is 0. The lowest BCUT2D eigenvalue weighted by Crippen LogP contribution is -2.10. The number of amides is 1. The summed E-state index contributed by atoms with van der Waals surface area (Å²) in [4.78, 5) is 10.7. The van der Waals surface area contributed by atoms with Crippen molar-refractivity contribution < 1.29 is 4.79 Å². The Kier molecular flexibility index (Phi) is 4.58. The van der Waals surface area contributed by atoms with E-state index in [0.717, 1.165) is 11.1 Å². The minimum Gasteiger partial charge on any atom is -0.370 e. The van der Waals surface area contributed by atoms with E-state index in [0.29, 0.717) is 12.8 Å². The normalized spacial score (nSPS) is 12.1. The predicted molar refractivity (Wildman–Crippen MR) is 78.9 cm³/mol. The number of rotatable bonds is 5.